The second kappa shape index (κ2) is 18.0. The second-order valence-corrected chi connectivity index (χ2v) is 11.3. The molecule has 11 heteroatoms. The monoisotopic (exact) mass is 670 g/mol. The molecule has 0 saturated heterocycles. The summed E-state index contributed by atoms with van der Waals surface area (Å²) in [5.41, 5.74) is 2.07. The third-order valence-electron chi connectivity index (χ3n) is 5.73. The second-order valence-electron chi connectivity index (χ2n) is 8.80. The van der Waals surface area contributed by atoms with Crippen molar-refractivity contribution in [3.8, 4) is 0 Å². The minimum atomic E-state index is -2.59. The Hall–Kier alpha value is -0.430. The zero-order valence-electron chi connectivity index (χ0n) is 22.3. The molecule has 0 aromatic heterocycles. The Morgan fingerprint density at radius 3 is 2.05 bits per heavy atom. The van der Waals surface area contributed by atoms with Crippen molar-refractivity contribution in [1.82, 2.24) is 0 Å². The first-order valence-corrected chi connectivity index (χ1v) is 14.3. The Morgan fingerprint density at radius 2 is 1.57 bits per heavy atom. The normalized spacial score (nSPS) is 16.1. The van der Waals surface area contributed by atoms with Crippen molar-refractivity contribution < 1.29 is 63.4 Å². The van der Waals surface area contributed by atoms with E-state index >= 15 is 0 Å². The van der Waals surface area contributed by atoms with Crippen LogP contribution in [0.5, 0.6) is 0 Å². The first-order chi connectivity index (χ1) is 17.0. The number of hydrogen-bond donors (Lipinski definition) is 2. The molecule has 0 amide bonds. The number of benzene rings is 2. The maximum absolute atomic E-state index is 11.6. The van der Waals surface area contributed by atoms with Gasteiger partial charge in [-0.15, -0.1) is 0 Å². The summed E-state index contributed by atoms with van der Waals surface area (Å²) in [6.45, 7) is 3.49. The number of halogens is 2. The van der Waals surface area contributed by atoms with Crippen LogP contribution in [0.4, 0.5) is 0 Å². The fourth-order valence-electron chi connectivity index (χ4n) is 3.94. The van der Waals surface area contributed by atoms with Gasteiger partial charge >= 0.3 is 46.9 Å². The molecule has 200 valence electrons. The molecule has 1 saturated carbocycles. The number of hydrogen-bond acceptors (Lipinski definition) is 6. The summed E-state index contributed by atoms with van der Waals surface area (Å²) in [7, 11) is 0. The quantitative estimate of drug-likeness (QED) is 0.182. The number of aliphatic hydroxyl groups is 1. The van der Waals surface area contributed by atoms with Crippen LogP contribution in [-0.4, -0.2) is 38.0 Å². The Balaban J connectivity index is 0.000000740. The standard InChI is InChI=1S/C14H19BrO6S.C12H13BrO.Na.H/c1-9(2)20-13(16)8-7-12(14(17)21-22(18)19)10-3-5-11(15)6-4-10;13-11-5-1-9(2-6-11)10-3-7-12(14)8-4-10;;/h3-6,9,12,14,17H,7-8H2,1-2H3,(H,18,19);1-2,5-6,10H,3-4,7-8H2;;/q;;+1;-1. The van der Waals surface area contributed by atoms with Gasteiger partial charge in [0.2, 0.25) is 0 Å². The Labute approximate surface area is 261 Å². The Kier molecular flexibility index (Phi) is 16.8. The first kappa shape index (κ1) is 34.6. The smallest absolute Gasteiger partial charge is 1.00 e. The van der Waals surface area contributed by atoms with Crippen molar-refractivity contribution in [2.24, 2.45) is 0 Å². The summed E-state index contributed by atoms with van der Waals surface area (Å²) < 4.78 is 31.0. The largest absolute Gasteiger partial charge is 1.00 e. The predicted molar refractivity (Wildman–Crippen MR) is 147 cm³/mol. The summed E-state index contributed by atoms with van der Waals surface area (Å²) in [5.74, 6) is 0.0116. The molecule has 3 unspecified atom stereocenters. The van der Waals surface area contributed by atoms with Crippen LogP contribution in [0.15, 0.2) is 57.5 Å². The molecular formula is C26H33Br2NaO7S. The zero-order chi connectivity index (χ0) is 26.7. The molecule has 0 bridgehead atoms. The predicted octanol–water partition coefficient (Wildman–Crippen LogP) is 3.53. The van der Waals surface area contributed by atoms with E-state index in [0.717, 1.165) is 34.6 Å². The number of ketones is 1. The van der Waals surface area contributed by atoms with E-state index < -0.39 is 29.5 Å². The van der Waals surface area contributed by atoms with Gasteiger partial charge < -0.3 is 11.3 Å². The summed E-state index contributed by atoms with van der Waals surface area (Å²) in [5, 5.41) is 9.96. The van der Waals surface area contributed by atoms with Gasteiger partial charge in [0.05, 0.1) is 6.10 Å². The maximum atomic E-state index is 11.6. The van der Waals surface area contributed by atoms with Crippen LogP contribution in [0.3, 0.4) is 0 Å². The van der Waals surface area contributed by atoms with Gasteiger partial charge in [-0.3, -0.25) is 14.1 Å². The van der Waals surface area contributed by atoms with Crippen molar-refractivity contribution in [3.63, 3.8) is 0 Å². The van der Waals surface area contributed by atoms with E-state index in [4.69, 9.17) is 9.29 Å². The van der Waals surface area contributed by atoms with Crippen LogP contribution in [0, 0.1) is 0 Å². The van der Waals surface area contributed by atoms with E-state index in [-0.39, 0.29) is 49.9 Å². The summed E-state index contributed by atoms with van der Waals surface area (Å²) in [6.07, 6.45) is 2.16. The number of ether oxygens (including phenoxy) is 1. The van der Waals surface area contributed by atoms with Crippen LogP contribution < -0.4 is 29.6 Å². The Morgan fingerprint density at radius 1 is 1.05 bits per heavy atom. The molecule has 3 rings (SSSR count). The zero-order valence-corrected chi connectivity index (χ0v) is 27.3. The van der Waals surface area contributed by atoms with Crippen LogP contribution in [0.2, 0.25) is 0 Å². The van der Waals surface area contributed by atoms with Crippen molar-refractivity contribution in [1.29, 1.82) is 0 Å². The van der Waals surface area contributed by atoms with Gasteiger partial charge in [0.15, 0.2) is 6.29 Å². The topological polar surface area (TPSA) is 110 Å². The minimum Gasteiger partial charge on any atom is -1.00 e. The summed E-state index contributed by atoms with van der Waals surface area (Å²) in [6, 6.07) is 15.5. The third kappa shape index (κ3) is 13.5. The van der Waals surface area contributed by atoms with E-state index in [9.17, 15) is 18.9 Å². The van der Waals surface area contributed by atoms with E-state index in [1.54, 1.807) is 38.1 Å². The molecule has 1 aliphatic rings. The van der Waals surface area contributed by atoms with Crippen LogP contribution in [-0.2, 0) is 29.9 Å². The average molecular weight is 672 g/mol. The number of esters is 1. The number of Topliss-reactive ketones (excluding diaryl/α,β-unsaturated/α-hetero) is 1. The van der Waals surface area contributed by atoms with Gasteiger partial charge in [-0.05, 0) is 74.4 Å². The first-order valence-electron chi connectivity index (χ1n) is 11.7. The number of aliphatic hydroxyl groups excluding tert-OH is 1. The molecule has 1 aliphatic carbocycles. The van der Waals surface area contributed by atoms with Crippen molar-refractivity contribution in [2.75, 3.05) is 0 Å². The van der Waals surface area contributed by atoms with E-state index in [1.165, 1.54) is 5.56 Å². The van der Waals surface area contributed by atoms with Crippen LogP contribution in [0.25, 0.3) is 0 Å². The van der Waals surface area contributed by atoms with Gasteiger partial charge in [0, 0.05) is 34.1 Å². The number of rotatable bonds is 9. The van der Waals surface area contributed by atoms with E-state index in [1.807, 2.05) is 0 Å². The number of carbonyl (C=O) groups is 2. The van der Waals surface area contributed by atoms with Gasteiger partial charge in [0.1, 0.15) is 5.78 Å². The van der Waals surface area contributed by atoms with Crippen LogP contribution in [0.1, 0.15) is 76.8 Å². The Bertz CT molecular complexity index is 1000. The van der Waals surface area contributed by atoms with Crippen LogP contribution >= 0.6 is 31.9 Å². The molecule has 2 aromatic carbocycles. The molecule has 37 heavy (non-hydrogen) atoms. The summed E-state index contributed by atoms with van der Waals surface area (Å²) >= 11 is 4.14. The van der Waals surface area contributed by atoms with Gasteiger partial charge in [-0.25, -0.2) is 4.18 Å². The van der Waals surface area contributed by atoms with Gasteiger partial charge in [-0.2, -0.15) is 4.21 Å². The molecule has 7 nitrogen and oxygen atoms in total. The average Bonchev–Trinajstić information content (AvgIpc) is 2.81. The van der Waals surface area contributed by atoms with Gasteiger partial charge in [-0.1, -0.05) is 56.1 Å². The van der Waals surface area contributed by atoms with E-state index in [2.05, 4.69) is 60.3 Å². The maximum Gasteiger partial charge on any atom is 1.00 e. The molecular weight excluding hydrogens is 639 g/mol. The molecule has 2 aromatic rings. The molecule has 0 spiro atoms. The van der Waals surface area contributed by atoms with Crippen molar-refractivity contribution in [2.45, 2.75) is 76.6 Å². The molecule has 0 radical (unpaired) electrons. The molecule has 0 aliphatic heterocycles. The molecule has 0 heterocycles. The minimum absolute atomic E-state index is 0. The third-order valence-corrected chi connectivity index (χ3v) is 7.15. The molecule has 2 N–H and O–H groups in total. The number of carbonyl (C=O) groups excluding carboxylic acids is 2. The van der Waals surface area contributed by atoms with Gasteiger partial charge in [0.25, 0.3) is 0 Å². The molecule has 1 fully saturated rings. The summed E-state index contributed by atoms with van der Waals surface area (Å²) in [4.78, 5) is 22.7. The van der Waals surface area contributed by atoms with E-state index in [0.29, 0.717) is 17.3 Å². The fourth-order valence-corrected chi connectivity index (χ4v) is 4.77. The fraction of sp³-hybridized carbons (Fsp3) is 0.462. The van der Waals surface area contributed by atoms with Crippen molar-refractivity contribution in [3.05, 3.63) is 68.6 Å². The molecule has 3 atom stereocenters. The SMILES string of the molecule is CC(C)OC(=O)CCC(c1ccc(Br)cc1)C(O)OS(=O)O.O=C1CCC(c2ccc(Br)cc2)CC1.[H-].[Na+]. The van der Waals surface area contributed by atoms with Crippen molar-refractivity contribution >= 4 is 55.0 Å².